The summed E-state index contributed by atoms with van der Waals surface area (Å²) in [5.74, 6) is -1.89. The number of anilines is 1. The molecule has 0 atom stereocenters. The summed E-state index contributed by atoms with van der Waals surface area (Å²) in [6, 6.07) is 9.59. The monoisotopic (exact) mass is 368 g/mol. The number of benzene rings is 2. The van der Waals surface area contributed by atoms with Gasteiger partial charge in [-0.1, -0.05) is 29.8 Å². The molecule has 0 radical (unpaired) electrons. The van der Waals surface area contributed by atoms with E-state index in [9.17, 15) is 22.4 Å². The van der Waals surface area contributed by atoms with Crippen molar-refractivity contribution in [1.82, 2.24) is 0 Å². The lowest BCUT2D eigenvalue weighted by Gasteiger charge is -2.13. The summed E-state index contributed by atoms with van der Waals surface area (Å²) in [5, 5.41) is 11.0. The maximum atomic E-state index is 13.7. The summed E-state index contributed by atoms with van der Waals surface area (Å²) >= 11 is 5.81. The molecule has 2 aromatic carbocycles. The van der Waals surface area contributed by atoms with Crippen LogP contribution in [0.4, 0.5) is 23.2 Å². The summed E-state index contributed by atoms with van der Waals surface area (Å²) in [5.41, 5.74) is -2.38. The third-order valence-electron chi connectivity index (χ3n) is 3.13. The molecule has 25 heavy (non-hydrogen) atoms. The van der Waals surface area contributed by atoms with Gasteiger partial charge in [-0.05, 0) is 30.3 Å². The summed E-state index contributed by atoms with van der Waals surface area (Å²) in [6.45, 7) is 0. The molecule has 0 heterocycles. The molecular weight excluding hydrogens is 360 g/mol. The van der Waals surface area contributed by atoms with Crippen molar-refractivity contribution in [3.8, 4) is 6.07 Å². The van der Waals surface area contributed by atoms with Crippen molar-refractivity contribution >= 4 is 29.3 Å². The molecule has 1 amide bonds. The second-order valence-corrected chi connectivity index (χ2v) is 5.21. The number of alkyl halides is 3. The van der Waals surface area contributed by atoms with Gasteiger partial charge in [0.25, 0.3) is 5.91 Å². The molecular formula is C17H9ClF4N2O. The van der Waals surface area contributed by atoms with Crippen LogP contribution in [0.1, 0.15) is 11.1 Å². The van der Waals surface area contributed by atoms with Crippen LogP contribution in [0.5, 0.6) is 0 Å². The highest BCUT2D eigenvalue weighted by atomic mass is 35.5. The highest BCUT2D eigenvalue weighted by Crippen LogP contribution is 2.34. The minimum atomic E-state index is -4.69. The summed E-state index contributed by atoms with van der Waals surface area (Å²) in [7, 11) is 0. The predicted octanol–water partition coefficient (Wildman–Crippen LogP) is 5.04. The third-order valence-corrected chi connectivity index (χ3v) is 3.46. The highest BCUT2D eigenvalue weighted by Gasteiger charge is 2.33. The first-order valence-electron chi connectivity index (χ1n) is 6.77. The van der Waals surface area contributed by atoms with E-state index in [1.807, 2.05) is 5.32 Å². The topological polar surface area (TPSA) is 52.9 Å². The molecule has 0 aromatic heterocycles. The molecule has 8 heteroatoms. The van der Waals surface area contributed by atoms with Gasteiger partial charge in [0.15, 0.2) is 0 Å². The van der Waals surface area contributed by atoms with Crippen LogP contribution >= 0.6 is 11.6 Å². The number of nitrogens with one attached hydrogen (secondary N) is 1. The van der Waals surface area contributed by atoms with Gasteiger partial charge in [-0.15, -0.1) is 0 Å². The average molecular weight is 369 g/mol. The van der Waals surface area contributed by atoms with Crippen LogP contribution in [-0.2, 0) is 11.0 Å². The molecule has 3 nitrogen and oxygen atoms in total. The number of halogens is 5. The molecule has 0 saturated heterocycles. The minimum absolute atomic E-state index is 0.0451. The van der Waals surface area contributed by atoms with Crippen LogP contribution in [0.2, 0.25) is 5.02 Å². The van der Waals surface area contributed by atoms with Crippen molar-refractivity contribution in [2.45, 2.75) is 6.18 Å². The second kappa shape index (κ2) is 7.36. The summed E-state index contributed by atoms with van der Waals surface area (Å²) in [4.78, 5) is 12.1. The minimum Gasteiger partial charge on any atom is -0.321 e. The Morgan fingerprint density at radius 1 is 1.16 bits per heavy atom. The van der Waals surface area contributed by atoms with Crippen molar-refractivity contribution in [3.05, 3.63) is 70.0 Å². The third kappa shape index (κ3) is 4.37. The van der Waals surface area contributed by atoms with Gasteiger partial charge in [0, 0.05) is 5.56 Å². The van der Waals surface area contributed by atoms with E-state index >= 15 is 0 Å². The van der Waals surface area contributed by atoms with Gasteiger partial charge in [-0.25, -0.2) is 4.39 Å². The Morgan fingerprint density at radius 3 is 2.44 bits per heavy atom. The van der Waals surface area contributed by atoms with Gasteiger partial charge in [0.05, 0.1) is 16.3 Å². The number of amides is 1. The number of hydrogen-bond donors (Lipinski definition) is 1. The van der Waals surface area contributed by atoms with E-state index in [1.165, 1.54) is 30.3 Å². The maximum absolute atomic E-state index is 13.7. The van der Waals surface area contributed by atoms with Crippen molar-refractivity contribution in [1.29, 1.82) is 5.26 Å². The van der Waals surface area contributed by atoms with Crippen LogP contribution in [0.3, 0.4) is 0 Å². The Balaban J connectivity index is 2.38. The van der Waals surface area contributed by atoms with E-state index in [4.69, 9.17) is 16.9 Å². The van der Waals surface area contributed by atoms with Crippen molar-refractivity contribution in [2.75, 3.05) is 5.32 Å². The van der Waals surface area contributed by atoms with Crippen LogP contribution in [0, 0.1) is 17.1 Å². The van der Waals surface area contributed by atoms with Gasteiger partial charge in [-0.3, -0.25) is 4.79 Å². The number of rotatable bonds is 3. The molecule has 0 aliphatic carbocycles. The molecule has 128 valence electrons. The number of hydrogen-bond acceptors (Lipinski definition) is 2. The number of nitrogens with zero attached hydrogens (tertiary/aromatic N) is 1. The maximum Gasteiger partial charge on any atom is 0.418 e. The average Bonchev–Trinajstić information content (AvgIpc) is 2.54. The number of carbonyl (C=O) groups is 1. The van der Waals surface area contributed by atoms with E-state index < -0.39 is 34.7 Å². The van der Waals surface area contributed by atoms with Crippen molar-refractivity contribution in [2.24, 2.45) is 0 Å². The van der Waals surface area contributed by atoms with Crippen molar-refractivity contribution < 1.29 is 22.4 Å². The first kappa shape index (κ1) is 18.5. The Morgan fingerprint density at radius 2 is 1.84 bits per heavy atom. The molecule has 0 unspecified atom stereocenters. The molecule has 1 N–H and O–H groups in total. The first-order valence-corrected chi connectivity index (χ1v) is 7.15. The van der Waals surface area contributed by atoms with Crippen LogP contribution in [0.15, 0.2) is 48.0 Å². The normalized spacial score (nSPS) is 11.8. The molecule has 0 saturated carbocycles. The van der Waals surface area contributed by atoms with Gasteiger partial charge in [0.2, 0.25) is 0 Å². The quantitative estimate of drug-likeness (QED) is 0.468. The lowest BCUT2D eigenvalue weighted by Crippen LogP contribution is -2.17. The van der Waals surface area contributed by atoms with Gasteiger partial charge in [-0.2, -0.15) is 18.4 Å². The zero-order valence-electron chi connectivity index (χ0n) is 12.4. The van der Waals surface area contributed by atoms with E-state index in [1.54, 1.807) is 0 Å². The molecule has 0 spiro atoms. The lowest BCUT2D eigenvalue weighted by molar-refractivity contribution is -0.137. The zero-order chi connectivity index (χ0) is 18.6. The van der Waals surface area contributed by atoms with Gasteiger partial charge < -0.3 is 5.32 Å². The fraction of sp³-hybridized carbons (Fsp3) is 0.0588. The molecule has 2 rings (SSSR count). The fourth-order valence-corrected chi connectivity index (χ4v) is 2.19. The van der Waals surface area contributed by atoms with E-state index in [-0.39, 0.29) is 10.6 Å². The second-order valence-electron chi connectivity index (χ2n) is 4.80. The van der Waals surface area contributed by atoms with Gasteiger partial charge >= 0.3 is 6.18 Å². The van der Waals surface area contributed by atoms with Crippen LogP contribution < -0.4 is 5.32 Å². The largest absolute Gasteiger partial charge is 0.418 e. The van der Waals surface area contributed by atoms with Crippen LogP contribution in [-0.4, -0.2) is 5.91 Å². The number of para-hydroxylation sites is 1. The van der Waals surface area contributed by atoms with E-state index in [2.05, 4.69) is 0 Å². The molecule has 0 fully saturated rings. The number of nitriles is 1. The smallest absolute Gasteiger partial charge is 0.321 e. The van der Waals surface area contributed by atoms with Gasteiger partial charge in [0.1, 0.15) is 17.5 Å². The Hall–Kier alpha value is -2.85. The number of carbonyl (C=O) groups excluding carboxylic acids is 1. The standard InChI is InChI=1S/C17H9ClF4N2O/c18-13-5-3-6-14(19)11(13)8-10(9-23)16(25)24-15-7-2-1-4-12(15)17(20,21)22/h1-8H,(H,24,25). The molecule has 2 aromatic rings. The lowest BCUT2D eigenvalue weighted by atomic mass is 10.1. The van der Waals surface area contributed by atoms with E-state index in [0.717, 1.165) is 24.3 Å². The SMILES string of the molecule is N#CC(=Cc1c(F)cccc1Cl)C(=O)Nc1ccccc1C(F)(F)F. The Kier molecular flexibility index (Phi) is 5.45. The highest BCUT2D eigenvalue weighted by molar-refractivity contribution is 6.32. The van der Waals surface area contributed by atoms with Crippen molar-refractivity contribution in [3.63, 3.8) is 0 Å². The van der Waals surface area contributed by atoms with E-state index in [0.29, 0.717) is 0 Å². The molecule has 0 aliphatic heterocycles. The summed E-state index contributed by atoms with van der Waals surface area (Å²) in [6.07, 6.45) is -3.81. The zero-order valence-corrected chi connectivity index (χ0v) is 13.1. The Bertz CT molecular complexity index is 865. The Labute approximate surface area is 145 Å². The molecule has 0 aliphatic rings. The first-order chi connectivity index (χ1) is 11.7. The van der Waals surface area contributed by atoms with Crippen LogP contribution in [0.25, 0.3) is 6.08 Å². The summed E-state index contributed by atoms with van der Waals surface area (Å²) < 4.78 is 52.5. The fourth-order valence-electron chi connectivity index (χ4n) is 1.97. The molecule has 0 bridgehead atoms. The predicted molar refractivity (Wildman–Crippen MR) is 85.1 cm³/mol.